The zero-order valence-corrected chi connectivity index (χ0v) is 7.51. The van der Waals surface area contributed by atoms with Crippen LogP contribution in [0, 0.1) is 0 Å². The monoisotopic (exact) mass is 208 g/mol. The van der Waals surface area contributed by atoms with Crippen molar-refractivity contribution in [3.63, 3.8) is 0 Å². The molecule has 0 N–H and O–H groups in total. The van der Waals surface area contributed by atoms with Crippen LogP contribution in [0.5, 0.6) is 0 Å². The summed E-state index contributed by atoms with van der Waals surface area (Å²) in [6.45, 7) is 0. The first kappa shape index (κ1) is 8.20. The van der Waals surface area contributed by atoms with Crippen LogP contribution >= 0.6 is 23.2 Å². The molecule has 3 atom stereocenters. The fourth-order valence-corrected chi connectivity index (χ4v) is 1.72. The van der Waals surface area contributed by atoms with Crippen LogP contribution in [0.25, 0.3) is 0 Å². The second kappa shape index (κ2) is 2.82. The minimum Gasteiger partial charge on any atom is -0.422 e. The Morgan fingerprint density at radius 3 is 3.00 bits per heavy atom. The van der Waals surface area contributed by atoms with E-state index in [9.17, 15) is 4.79 Å². The van der Waals surface area contributed by atoms with E-state index >= 15 is 0 Å². The van der Waals surface area contributed by atoms with Crippen molar-refractivity contribution in [1.29, 1.82) is 0 Å². The van der Waals surface area contributed by atoms with Gasteiger partial charge in [0.15, 0.2) is 6.10 Å². The molecule has 1 saturated heterocycles. The zero-order chi connectivity index (χ0) is 8.72. The Hall–Kier alpha value is -0.410. The summed E-state index contributed by atoms with van der Waals surface area (Å²) in [7, 11) is 0. The number of carbonyl (C=O) groups excluding carboxylic acids is 1. The molecule has 1 aliphatic carbocycles. The molecular weight excluding hydrogens is 203 g/mol. The largest absolute Gasteiger partial charge is 0.514 e. The van der Waals surface area contributed by atoms with Crippen LogP contribution in [-0.4, -0.2) is 23.0 Å². The summed E-state index contributed by atoms with van der Waals surface area (Å²) >= 11 is 11.7. The maximum absolute atomic E-state index is 10.7. The number of allylic oxidation sites excluding steroid dienone is 1. The molecule has 12 heavy (non-hydrogen) atoms. The average molecular weight is 209 g/mol. The molecule has 3 nitrogen and oxygen atoms in total. The van der Waals surface area contributed by atoms with Gasteiger partial charge in [-0.15, -0.1) is 23.2 Å². The summed E-state index contributed by atoms with van der Waals surface area (Å²) in [5.74, 6) is 0.497. The number of hydrogen-bond acceptors (Lipinski definition) is 3. The molecule has 0 saturated carbocycles. The fraction of sp³-hybridized carbons (Fsp3) is 0.571. The molecule has 0 spiro atoms. The molecule has 2 aliphatic rings. The van der Waals surface area contributed by atoms with Crippen molar-refractivity contribution in [2.24, 2.45) is 0 Å². The predicted molar refractivity (Wildman–Crippen MR) is 43.3 cm³/mol. The van der Waals surface area contributed by atoms with Crippen LogP contribution in [0.15, 0.2) is 11.8 Å². The van der Waals surface area contributed by atoms with Gasteiger partial charge >= 0.3 is 6.16 Å². The van der Waals surface area contributed by atoms with E-state index in [1.54, 1.807) is 6.08 Å². The topological polar surface area (TPSA) is 35.5 Å². The maximum atomic E-state index is 10.7. The summed E-state index contributed by atoms with van der Waals surface area (Å²) < 4.78 is 9.55. The Labute approximate surface area is 79.2 Å². The molecule has 0 bridgehead atoms. The minimum absolute atomic E-state index is 0.199. The molecule has 0 radical (unpaired) electrons. The molecule has 2 rings (SSSR count). The Kier molecular flexibility index (Phi) is 1.93. The van der Waals surface area contributed by atoms with Gasteiger partial charge in [-0.2, -0.15) is 0 Å². The molecule has 1 aliphatic heterocycles. The standard InChI is InChI=1S/C7H6Cl2O3/c8-3-1-5-6(2-4(3)9)12-7(10)11-5/h1,3-4,6H,2H2. The predicted octanol–water partition coefficient (Wildman–Crippen LogP) is 2.02. The van der Waals surface area contributed by atoms with E-state index in [-0.39, 0.29) is 16.9 Å². The van der Waals surface area contributed by atoms with Crippen molar-refractivity contribution in [3.8, 4) is 0 Å². The number of fused-ring (bicyclic) bond motifs is 1. The highest BCUT2D eigenvalue weighted by Crippen LogP contribution is 2.33. The summed E-state index contributed by atoms with van der Waals surface area (Å²) in [6.07, 6.45) is 1.15. The van der Waals surface area contributed by atoms with Crippen molar-refractivity contribution >= 4 is 29.4 Å². The van der Waals surface area contributed by atoms with E-state index in [1.165, 1.54) is 0 Å². The highest BCUT2D eigenvalue weighted by Gasteiger charge is 2.38. The summed E-state index contributed by atoms with van der Waals surface area (Å²) in [5, 5.41) is -0.484. The third-order valence-electron chi connectivity index (χ3n) is 1.87. The summed E-state index contributed by atoms with van der Waals surface area (Å²) in [6, 6.07) is 0. The highest BCUT2D eigenvalue weighted by atomic mass is 35.5. The SMILES string of the molecule is O=C1OC2=CC(Cl)C(Cl)CC2O1. The number of hydrogen-bond donors (Lipinski definition) is 0. The highest BCUT2D eigenvalue weighted by molar-refractivity contribution is 6.31. The van der Waals surface area contributed by atoms with Crippen LogP contribution in [-0.2, 0) is 9.47 Å². The average Bonchev–Trinajstić information content (AvgIpc) is 2.30. The third kappa shape index (κ3) is 1.27. The lowest BCUT2D eigenvalue weighted by Gasteiger charge is -2.21. The number of ether oxygens (including phenoxy) is 2. The van der Waals surface area contributed by atoms with Crippen molar-refractivity contribution in [3.05, 3.63) is 11.8 Å². The second-order valence-electron chi connectivity index (χ2n) is 2.72. The van der Waals surface area contributed by atoms with Crippen LogP contribution < -0.4 is 0 Å². The van der Waals surface area contributed by atoms with Crippen molar-refractivity contribution in [2.75, 3.05) is 0 Å². The normalized spacial score (nSPS) is 39.7. The van der Waals surface area contributed by atoms with E-state index in [2.05, 4.69) is 0 Å². The molecule has 5 heteroatoms. The Bertz CT molecular complexity index is 251. The van der Waals surface area contributed by atoms with E-state index in [4.69, 9.17) is 32.7 Å². The zero-order valence-electron chi connectivity index (χ0n) is 6.00. The lowest BCUT2D eigenvalue weighted by molar-refractivity contribution is 0.116. The van der Waals surface area contributed by atoms with Gasteiger partial charge in [-0.25, -0.2) is 4.79 Å². The molecule has 0 amide bonds. The van der Waals surface area contributed by atoms with Gasteiger partial charge in [0, 0.05) is 6.42 Å². The fourth-order valence-electron chi connectivity index (χ4n) is 1.26. The number of halogens is 2. The maximum Gasteiger partial charge on any atom is 0.514 e. The van der Waals surface area contributed by atoms with Gasteiger partial charge in [0.2, 0.25) is 0 Å². The number of alkyl halides is 2. The van der Waals surface area contributed by atoms with Crippen molar-refractivity contribution in [2.45, 2.75) is 23.3 Å². The van der Waals surface area contributed by atoms with Crippen LogP contribution in [0.1, 0.15) is 6.42 Å². The smallest absolute Gasteiger partial charge is 0.422 e. The van der Waals surface area contributed by atoms with Gasteiger partial charge in [-0.1, -0.05) is 0 Å². The number of carbonyl (C=O) groups is 1. The van der Waals surface area contributed by atoms with Gasteiger partial charge < -0.3 is 9.47 Å². The van der Waals surface area contributed by atoms with Gasteiger partial charge in [-0.05, 0) is 6.08 Å². The molecular formula is C7H6Cl2O3. The van der Waals surface area contributed by atoms with Crippen LogP contribution in [0.4, 0.5) is 4.79 Å². The second-order valence-corrected chi connectivity index (χ2v) is 3.79. The molecule has 0 aromatic heterocycles. The van der Waals surface area contributed by atoms with Crippen molar-refractivity contribution < 1.29 is 14.3 Å². The Morgan fingerprint density at radius 1 is 1.50 bits per heavy atom. The van der Waals surface area contributed by atoms with E-state index < -0.39 is 6.16 Å². The summed E-state index contributed by atoms with van der Waals surface area (Å²) in [5.41, 5.74) is 0. The lowest BCUT2D eigenvalue weighted by Crippen LogP contribution is -2.26. The molecule has 1 heterocycles. The first-order valence-electron chi connectivity index (χ1n) is 3.55. The molecule has 66 valence electrons. The lowest BCUT2D eigenvalue weighted by atomic mass is 10.0. The third-order valence-corrected chi connectivity index (χ3v) is 2.87. The Morgan fingerprint density at radius 2 is 2.25 bits per heavy atom. The quantitative estimate of drug-likeness (QED) is 0.452. The summed E-state index contributed by atoms with van der Waals surface area (Å²) in [4.78, 5) is 10.7. The Balaban J connectivity index is 2.22. The first-order valence-corrected chi connectivity index (χ1v) is 4.42. The molecule has 1 fully saturated rings. The minimum atomic E-state index is -0.666. The van der Waals surface area contributed by atoms with E-state index in [0.717, 1.165) is 0 Å². The van der Waals surface area contributed by atoms with Crippen molar-refractivity contribution in [1.82, 2.24) is 0 Å². The van der Waals surface area contributed by atoms with Gasteiger partial charge in [0.05, 0.1) is 10.8 Å². The van der Waals surface area contributed by atoms with Gasteiger partial charge in [0.1, 0.15) is 5.76 Å². The molecule has 0 aromatic rings. The van der Waals surface area contributed by atoms with E-state index in [0.29, 0.717) is 12.2 Å². The molecule has 0 aromatic carbocycles. The van der Waals surface area contributed by atoms with E-state index in [1.807, 2.05) is 0 Å². The first-order chi connectivity index (χ1) is 5.66. The molecule has 3 unspecified atom stereocenters. The van der Waals surface area contributed by atoms with Crippen LogP contribution in [0.2, 0.25) is 0 Å². The van der Waals surface area contributed by atoms with Crippen LogP contribution in [0.3, 0.4) is 0 Å². The number of rotatable bonds is 0. The van der Waals surface area contributed by atoms with Gasteiger partial charge in [0.25, 0.3) is 0 Å². The van der Waals surface area contributed by atoms with Gasteiger partial charge in [-0.3, -0.25) is 0 Å².